The number of rotatable bonds is 7. The Morgan fingerprint density at radius 3 is 2.71 bits per heavy atom. The maximum absolute atomic E-state index is 5.76. The first-order chi connectivity index (χ1) is 11.8. The molecule has 2 heterocycles. The number of ether oxygens (including phenoxy) is 2. The summed E-state index contributed by atoms with van der Waals surface area (Å²) in [7, 11) is 0. The number of hydrogen-bond donors (Lipinski definition) is 0. The van der Waals surface area contributed by atoms with Crippen LogP contribution in [-0.2, 0) is 6.61 Å². The summed E-state index contributed by atoms with van der Waals surface area (Å²) < 4.78 is 17.6. The molecule has 0 amide bonds. The number of hydrogen-bond acceptors (Lipinski definition) is 8. The molecule has 124 valence electrons. The minimum atomic E-state index is 0.254. The van der Waals surface area contributed by atoms with E-state index in [1.807, 2.05) is 32.0 Å². The Kier molecular flexibility index (Phi) is 4.80. The third kappa shape index (κ3) is 3.75. The largest absolute Gasteiger partial charge is 0.490 e. The summed E-state index contributed by atoms with van der Waals surface area (Å²) in [6, 6.07) is 5.54. The lowest BCUT2D eigenvalue weighted by atomic mass is 10.2. The Balaban J connectivity index is 1.75. The van der Waals surface area contributed by atoms with Gasteiger partial charge in [-0.15, -0.1) is 10.2 Å². The van der Waals surface area contributed by atoms with Gasteiger partial charge in [0.2, 0.25) is 0 Å². The van der Waals surface area contributed by atoms with Crippen LogP contribution in [0.1, 0.15) is 23.9 Å². The molecule has 0 spiro atoms. The SMILES string of the molecule is CCOc1cc(/C=N/n2cnnc2)ccc1OCc1nonc1C. The highest BCUT2D eigenvalue weighted by atomic mass is 16.6. The van der Waals surface area contributed by atoms with Gasteiger partial charge in [0, 0.05) is 0 Å². The minimum Gasteiger partial charge on any atom is -0.490 e. The van der Waals surface area contributed by atoms with E-state index in [2.05, 4.69) is 30.2 Å². The molecule has 3 rings (SSSR count). The van der Waals surface area contributed by atoms with E-state index in [9.17, 15) is 0 Å². The topological polar surface area (TPSA) is 100 Å². The van der Waals surface area contributed by atoms with Gasteiger partial charge in [0.15, 0.2) is 11.5 Å². The van der Waals surface area contributed by atoms with Crippen molar-refractivity contribution >= 4 is 6.21 Å². The first-order valence-electron chi connectivity index (χ1n) is 7.33. The van der Waals surface area contributed by atoms with Crippen LogP contribution >= 0.6 is 0 Å². The normalized spacial score (nSPS) is 11.1. The van der Waals surface area contributed by atoms with Crippen molar-refractivity contribution in [2.24, 2.45) is 5.10 Å². The number of aryl methyl sites for hydroxylation is 1. The average molecular weight is 328 g/mol. The Bertz CT molecular complexity index is 812. The predicted octanol–water partition coefficient (Wildman–Crippen LogP) is 1.83. The quantitative estimate of drug-likeness (QED) is 0.610. The van der Waals surface area contributed by atoms with Crippen molar-refractivity contribution in [3.8, 4) is 11.5 Å². The lowest BCUT2D eigenvalue weighted by Crippen LogP contribution is -2.01. The molecular weight excluding hydrogens is 312 g/mol. The third-order valence-electron chi connectivity index (χ3n) is 3.13. The van der Waals surface area contributed by atoms with Crippen LogP contribution in [0.25, 0.3) is 0 Å². The molecule has 0 radical (unpaired) electrons. The molecule has 1 aromatic carbocycles. The minimum absolute atomic E-state index is 0.254. The van der Waals surface area contributed by atoms with Crippen molar-refractivity contribution in [3.63, 3.8) is 0 Å². The molecule has 0 bridgehead atoms. The number of nitrogens with zero attached hydrogens (tertiary/aromatic N) is 6. The van der Waals surface area contributed by atoms with Gasteiger partial charge in [-0.1, -0.05) is 10.3 Å². The second-order valence-corrected chi connectivity index (χ2v) is 4.81. The zero-order valence-electron chi connectivity index (χ0n) is 13.3. The second kappa shape index (κ2) is 7.36. The zero-order chi connectivity index (χ0) is 16.8. The van der Waals surface area contributed by atoms with Crippen LogP contribution in [0.4, 0.5) is 0 Å². The van der Waals surface area contributed by atoms with E-state index < -0.39 is 0 Å². The van der Waals surface area contributed by atoms with E-state index in [4.69, 9.17) is 9.47 Å². The van der Waals surface area contributed by atoms with Crippen LogP contribution in [0, 0.1) is 6.92 Å². The van der Waals surface area contributed by atoms with Gasteiger partial charge in [0.05, 0.1) is 12.8 Å². The Labute approximate surface area is 137 Å². The molecule has 0 aliphatic carbocycles. The molecule has 0 saturated carbocycles. The maximum atomic E-state index is 5.76. The van der Waals surface area contributed by atoms with Crippen molar-refractivity contribution in [1.82, 2.24) is 25.2 Å². The number of benzene rings is 1. The van der Waals surface area contributed by atoms with Crippen molar-refractivity contribution in [3.05, 3.63) is 47.8 Å². The van der Waals surface area contributed by atoms with E-state index in [1.165, 1.54) is 17.3 Å². The summed E-state index contributed by atoms with van der Waals surface area (Å²) in [6.07, 6.45) is 4.69. The standard InChI is InChI=1S/C15H16N6O3/c1-3-22-15-6-12(7-18-21-9-16-17-10-21)4-5-14(15)23-8-13-11(2)19-24-20-13/h4-7,9-10H,3,8H2,1-2H3/b18-7+. The predicted molar refractivity (Wildman–Crippen MR) is 84.0 cm³/mol. The summed E-state index contributed by atoms with van der Waals surface area (Å²) in [5.74, 6) is 1.24. The van der Waals surface area contributed by atoms with Gasteiger partial charge in [-0.25, -0.2) is 9.31 Å². The van der Waals surface area contributed by atoms with Gasteiger partial charge in [-0.2, -0.15) is 5.10 Å². The lowest BCUT2D eigenvalue weighted by molar-refractivity contribution is 0.253. The Morgan fingerprint density at radius 2 is 2.00 bits per heavy atom. The van der Waals surface area contributed by atoms with Gasteiger partial charge in [-0.3, -0.25) is 0 Å². The maximum Gasteiger partial charge on any atom is 0.161 e. The Hall–Kier alpha value is -3.23. The summed E-state index contributed by atoms with van der Waals surface area (Å²) >= 11 is 0. The molecule has 9 heteroatoms. The lowest BCUT2D eigenvalue weighted by Gasteiger charge is -2.11. The average Bonchev–Trinajstić information content (AvgIpc) is 3.24. The molecule has 0 saturated heterocycles. The molecule has 9 nitrogen and oxygen atoms in total. The highest BCUT2D eigenvalue weighted by Crippen LogP contribution is 2.29. The monoisotopic (exact) mass is 328 g/mol. The molecule has 3 aromatic rings. The second-order valence-electron chi connectivity index (χ2n) is 4.81. The Morgan fingerprint density at radius 1 is 1.17 bits per heavy atom. The molecule has 0 fully saturated rings. The summed E-state index contributed by atoms with van der Waals surface area (Å²) in [6.45, 7) is 4.49. The summed E-state index contributed by atoms with van der Waals surface area (Å²) in [5.41, 5.74) is 2.21. The fraction of sp³-hybridized carbons (Fsp3) is 0.267. The van der Waals surface area contributed by atoms with Crippen LogP contribution in [0.15, 0.2) is 40.6 Å². The van der Waals surface area contributed by atoms with Crippen molar-refractivity contribution in [1.29, 1.82) is 0 Å². The smallest absolute Gasteiger partial charge is 0.161 e. The van der Waals surface area contributed by atoms with Crippen molar-refractivity contribution in [2.45, 2.75) is 20.5 Å². The van der Waals surface area contributed by atoms with E-state index >= 15 is 0 Å². The molecule has 2 aromatic heterocycles. The molecule has 0 aliphatic heterocycles. The molecule has 0 unspecified atom stereocenters. The first-order valence-corrected chi connectivity index (χ1v) is 7.33. The van der Waals surface area contributed by atoms with E-state index in [1.54, 1.807) is 6.21 Å². The van der Waals surface area contributed by atoms with Gasteiger partial charge < -0.3 is 9.47 Å². The molecule has 24 heavy (non-hydrogen) atoms. The van der Waals surface area contributed by atoms with Crippen LogP contribution < -0.4 is 9.47 Å². The van der Waals surface area contributed by atoms with E-state index in [0.29, 0.717) is 29.5 Å². The van der Waals surface area contributed by atoms with Gasteiger partial charge in [0.1, 0.15) is 30.6 Å². The fourth-order valence-electron chi connectivity index (χ4n) is 1.91. The van der Waals surface area contributed by atoms with E-state index in [-0.39, 0.29) is 6.61 Å². The van der Waals surface area contributed by atoms with Gasteiger partial charge in [0.25, 0.3) is 0 Å². The van der Waals surface area contributed by atoms with Crippen LogP contribution in [0.2, 0.25) is 0 Å². The first kappa shape index (κ1) is 15.7. The highest BCUT2D eigenvalue weighted by molar-refractivity contribution is 5.80. The molecule has 0 N–H and O–H groups in total. The molecule has 0 aliphatic rings. The van der Waals surface area contributed by atoms with Crippen molar-refractivity contribution < 1.29 is 14.1 Å². The fourth-order valence-corrected chi connectivity index (χ4v) is 1.91. The van der Waals surface area contributed by atoms with Gasteiger partial charge in [-0.05, 0) is 37.6 Å². The van der Waals surface area contributed by atoms with Crippen LogP contribution in [-0.4, -0.2) is 38.0 Å². The molecule has 0 atom stereocenters. The summed E-state index contributed by atoms with van der Waals surface area (Å²) in [4.78, 5) is 0. The van der Waals surface area contributed by atoms with E-state index in [0.717, 1.165) is 5.56 Å². The number of aromatic nitrogens is 5. The third-order valence-corrected chi connectivity index (χ3v) is 3.13. The summed E-state index contributed by atoms with van der Waals surface area (Å²) in [5, 5.41) is 19.1. The highest BCUT2D eigenvalue weighted by Gasteiger charge is 2.10. The van der Waals surface area contributed by atoms with Gasteiger partial charge >= 0.3 is 0 Å². The van der Waals surface area contributed by atoms with Crippen LogP contribution in [0.5, 0.6) is 11.5 Å². The zero-order valence-corrected chi connectivity index (χ0v) is 13.3. The van der Waals surface area contributed by atoms with Crippen LogP contribution in [0.3, 0.4) is 0 Å². The molecular formula is C15H16N6O3. The van der Waals surface area contributed by atoms with Crippen molar-refractivity contribution in [2.75, 3.05) is 6.61 Å².